The third-order valence-corrected chi connectivity index (χ3v) is 3.92. The maximum Gasteiger partial charge on any atom is 0.182 e. The fraction of sp³-hybridized carbons (Fsp3) is 0.316. The Bertz CT molecular complexity index is 865. The van der Waals surface area contributed by atoms with Gasteiger partial charge in [-0.3, -0.25) is 4.40 Å². The molecule has 0 aliphatic carbocycles. The summed E-state index contributed by atoms with van der Waals surface area (Å²) >= 11 is 0. The van der Waals surface area contributed by atoms with Gasteiger partial charge in [0.2, 0.25) is 0 Å². The van der Waals surface area contributed by atoms with E-state index in [-0.39, 0.29) is 5.41 Å². The van der Waals surface area contributed by atoms with Crippen LogP contribution in [0.5, 0.6) is 0 Å². The van der Waals surface area contributed by atoms with E-state index in [0.717, 1.165) is 22.8 Å². The SMILES string of the molecule is Cc1ccn2c(N=Nc3ccc(C(C)(C)C)cc3)c(C)nc2c1. The lowest BCUT2D eigenvalue weighted by Gasteiger charge is -2.18. The van der Waals surface area contributed by atoms with Gasteiger partial charge in [0.15, 0.2) is 5.82 Å². The summed E-state index contributed by atoms with van der Waals surface area (Å²) in [5.74, 6) is 0.778. The van der Waals surface area contributed by atoms with Crippen LogP contribution >= 0.6 is 0 Å². The Hall–Kier alpha value is -2.49. The van der Waals surface area contributed by atoms with E-state index in [1.54, 1.807) is 0 Å². The van der Waals surface area contributed by atoms with Crippen LogP contribution in [0.15, 0.2) is 52.8 Å². The van der Waals surface area contributed by atoms with Crippen molar-refractivity contribution in [3.63, 3.8) is 0 Å². The first-order valence-electron chi connectivity index (χ1n) is 7.82. The highest BCUT2D eigenvalue weighted by molar-refractivity contribution is 5.53. The van der Waals surface area contributed by atoms with Gasteiger partial charge in [0.1, 0.15) is 5.65 Å². The molecular weight excluding hydrogens is 284 g/mol. The topological polar surface area (TPSA) is 42.0 Å². The molecule has 3 aromatic rings. The van der Waals surface area contributed by atoms with Crippen LogP contribution in [0.1, 0.15) is 37.6 Å². The average molecular weight is 306 g/mol. The van der Waals surface area contributed by atoms with E-state index in [1.807, 2.05) is 41.8 Å². The van der Waals surface area contributed by atoms with Gasteiger partial charge in [0.05, 0.1) is 11.4 Å². The van der Waals surface area contributed by atoms with Crippen molar-refractivity contribution in [2.24, 2.45) is 10.2 Å². The van der Waals surface area contributed by atoms with Crippen LogP contribution in [0.3, 0.4) is 0 Å². The van der Waals surface area contributed by atoms with Crippen LogP contribution in [0.4, 0.5) is 11.5 Å². The lowest BCUT2D eigenvalue weighted by Crippen LogP contribution is -2.10. The molecular formula is C19H22N4. The molecule has 118 valence electrons. The van der Waals surface area contributed by atoms with Gasteiger partial charge in [0, 0.05) is 6.20 Å². The van der Waals surface area contributed by atoms with Gasteiger partial charge in [0.25, 0.3) is 0 Å². The molecule has 0 saturated heterocycles. The number of rotatable bonds is 2. The fourth-order valence-electron chi connectivity index (χ4n) is 2.50. The zero-order chi connectivity index (χ0) is 16.6. The highest BCUT2D eigenvalue weighted by Gasteiger charge is 2.13. The van der Waals surface area contributed by atoms with Crippen molar-refractivity contribution < 1.29 is 0 Å². The second-order valence-corrected chi connectivity index (χ2v) is 6.95. The smallest absolute Gasteiger partial charge is 0.182 e. The molecule has 2 aromatic heterocycles. The molecule has 0 saturated carbocycles. The number of azo groups is 1. The highest BCUT2D eigenvalue weighted by atomic mass is 15.2. The molecule has 0 spiro atoms. The zero-order valence-electron chi connectivity index (χ0n) is 14.3. The Labute approximate surface area is 136 Å². The Morgan fingerprint density at radius 3 is 2.30 bits per heavy atom. The Balaban J connectivity index is 1.93. The fourth-order valence-corrected chi connectivity index (χ4v) is 2.50. The van der Waals surface area contributed by atoms with Crippen molar-refractivity contribution >= 4 is 17.2 Å². The van der Waals surface area contributed by atoms with Gasteiger partial charge in [-0.05, 0) is 54.7 Å². The molecule has 0 atom stereocenters. The van der Waals surface area contributed by atoms with Crippen molar-refractivity contribution in [3.05, 3.63) is 59.4 Å². The van der Waals surface area contributed by atoms with Gasteiger partial charge in [-0.25, -0.2) is 4.98 Å². The lowest BCUT2D eigenvalue weighted by atomic mass is 9.87. The first-order chi connectivity index (χ1) is 10.8. The minimum absolute atomic E-state index is 0.145. The normalized spacial score (nSPS) is 12.4. The van der Waals surface area contributed by atoms with E-state index in [1.165, 1.54) is 11.1 Å². The molecule has 4 nitrogen and oxygen atoms in total. The minimum atomic E-state index is 0.145. The number of hydrogen-bond donors (Lipinski definition) is 0. The van der Waals surface area contributed by atoms with Crippen LogP contribution in [-0.4, -0.2) is 9.38 Å². The Kier molecular flexibility index (Phi) is 3.76. The van der Waals surface area contributed by atoms with E-state index in [2.05, 4.69) is 55.0 Å². The number of imidazole rings is 1. The first kappa shape index (κ1) is 15.4. The van der Waals surface area contributed by atoms with Gasteiger partial charge in [-0.1, -0.05) is 32.9 Å². The van der Waals surface area contributed by atoms with Gasteiger partial charge < -0.3 is 0 Å². The highest BCUT2D eigenvalue weighted by Crippen LogP contribution is 2.27. The lowest BCUT2D eigenvalue weighted by molar-refractivity contribution is 0.590. The summed E-state index contributed by atoms with van der Waals surface area (Å²) in [5.41, 5.74) is 5.25. The second kappa shape index (κ2) is 5.61. The summed E-state index contributed by atoms with van der Waals surface area (Å²) < 4.78 is 1.97. The van der Waals surface area contributed by atoms with E-state index in [4.69, 9.17) is 0 Å². The van der Waals surface area contributed by atoms with Crippen LogP contribution in [0.2, 0.25) is 0 Å². The number of aromatic nitrogens is 2. The molecule has 2 heterocycles. The quantitative estimate of drug-likeness (QED) is 0.563. The van der Waals surface area contributed by atoms with Crippen molar-refractivity contribution in [2.45, 2.75) is 40.0 Å². The summed E-state index contributed by atoms with van der Waals surface area (Å²) in [6.07, 6.45) is 1.99. The van der Waals surface area contributed by atoms with Crippen molar-refractivity contribution in [3.8, 4) is 0 Å². The molecule has 4 heteroatoms. The summed E-state index contributed by atoms with van der Waals surface area (Å²) in [4.78, 5) is 4.54. The number of fused-ring (bicyclic) bond motifs is 1. The summed E-state index contributed by atoms with van der Waals surface area (Å²) in [6.45, 7) is 10.6. The number of benzene rings is 1. The Morgan fingerprint density at radius 1 is 0.957 bits per heavy atom. The van der Waals surface area contributed by atoms with Crippen LogP contribution < -0.4 is 0 Å². The standard InChI is InChI=1S/C19H22N4/c1-13-10-11-23-17(12-13)20-14(2)18(23)22-21-16-8-6-15(7-9-16)19(3,4)5/h6-12H,1-5H3. The summed E-state index contributed by atoms with van der Waals surface area (Å²) in [5, 5.41) is 8.78. The van der Waals surface area contributed by atoms with E-state index in [9.17, 15) is 0 Å². The molecule has 0 N–H and O–H groups in total. The number of aryl methyl sites for hydroxylation is 2. The number of pyridine rings is 1. The maximum atomic E-state index is 4.54. The van der Waals surface area contributed by atoms with E-state index < -0.39 is 0 Å². The third kappa shape index (κ3) is 3.16. The Morgan fingerprint density at radius 2 is 1.65 bits per heavy atom. The van der Waals surface area contributed by atoms with Crippen LogP contribution in [-0.2, 0) is 5.41 Å². The molecule has 0 aliphatic rings. The molecule has 0 bridgehead atoms. The summed E-state index contributed by atoms with van der Waals surface area (Å²) in [7, 11) is 0. The van der Waals surface area contributed by atoms with Crippen LogP contribution in [0, 0.1) is 13.8 Å². The van der Waals surface area contributed by atoms with Gasteiger partial charge in [-0.2, -0.15) is 0 Å². The molecule has 0 fully saturated rings. The minimum Gasteiger partial charge on any atom is -0.283 e. The van der Waals surface area contributed by atoms with Crippen molar-refractivity contribution in [1.29, 1.82) is 0 Å². The molecule has 0 unspecified atom stereocenters. The molecule has 1 aromatic carbocycles. The van der Waals surface area contributed by atoms with E-state index in [0.29, 0.717) is 0 Å². The van der Waals surface area contributed by atoms with Gasteiger partial charge in [-0.15, -0.1) is 10.2 Å². The monoisotopic (exact) mass is 306 g/mol. The molecule has 0 amide bonds. The van der Waals surface area contributed by atoms with Crippen LogP contribution in [0.25, 0.3) is 5.65 Å². The average Bonchev–Trinajstić information content (AvgIpc) is 2.79. The number of hydrogen-bond acceptors (Lipinski definition) is 3. The van der Waals surface area contributed by atoms with E-state index >= 15 is 0 Å². The summed E-state index contributed by atoms with van der Waals surface area (Å²) in [6, 6.07) is 12.3. The van der Waals surface area contributed by atoms with Crippen molar-refractivity contribution in [2.75, 3.05) is 0 Å². The number of nitrogens with zero attached hydrogens (tertiary/aromatic N) is 4. The van der Waals surface area contributed by atoms with Gasteiger partial charge >= 0.3 is 0 Å². The predicted octanol–water partition coefficient (Wildman–Crippen LogP) is 5.66. The maximum absolute atomic E-state index is 4.54. The molecule has 23 heavy (non-hydrogen) atoms. The van der Waals surface area contributed by atoms with Crippen molar-refractivity contribution in [1.82, 2.24) is 9.38 Å². The first-order valence-corrected chi connectivity index (χ1v) is 7.82. The molecule has 0 radical (unpaired) electrons. The molecule has 3 rings (SSSR count). The third-order valence-electron chi connectivity index (χ3n) is 3.92. The largest absolute Gasteiger partial charge is 0.283 e. The second-order valence-electron chi connectivity index (χ2n) is 6.95. The zero-order valence-corrected chi connectivity index (χ0v) is 14.3. The molecule has 0 aliphatic heterocycles. The predicted molar refractivity (Wildman–Crippen MR) is 94.0 cm³/mol.